The highest BCUT2D eigenvalue weighted by Crippen LogP contribution is 2.47. The van der Waals surface area contributed by atoms with E-state index in [2.05, 4.69) is 0 Å². The van der Waals surface area contributed by atoms with Gasteiger partial charge in [-0.3, -0.25) is 9.59 Å². The lowest BCUT2D eigenvalue weighted by molar-refractivity contribution is -0.143. The Morgan fingerprint density at radius 2 is 1.75 bits per heavy atom. The third kappa shape index (κ3) is 2.89. The number of amides is 1. The van der Waals surface area contributed by atoms with E-state index in [1.807, 2.05) is 0 Å². The minimum Gasteiger partial charge on any atom is -0.481 e. The molecular formula is C18H21F2NO3. The van der Waals surface area contributed by atoms with Gasteiger partial charge in [0.05, 0.1) is 5.41 Å². The highest BCUT2D eigenvalue weighted by molar-refractivity contribution is 5.89. The molecule has 1 N–H and O–H groups in total. The third-order valence-electron chi connectivity index (χ3n) is 5.42. The van der Waals surface area contributed by atoms with Crippen LogP contribution in [-0.4, -0.2) is 35.0 Å². The van der Waals surface area contributed by atoms with E-state index in [9.17, 15) is 18.4 Å². The molecule has 1 amide bonds. The van der Waals surface area contributed by atoms with E-state index in [0.717, 1.165) is 6.42 Å². The summed E-state index contributed by atoms with van der Waals surface area (Å²) in [6.45, 7) is 0.906. The Hall–Kier alpha value is -1.98. The minimum absolute atomic E-state index is 0.0640. The largest absolute Gasteiger partial charge is 0.481 e. The summed E-state index contributed by atoms with van der Waals surface area (Å²) in [6.07, 6.45) is 3.03. The average molecular weight is 337 g/mol. The normalized spacial score (nSPS) is 20.5. The predicted molar refractivity (Wildman–Crippen MR) is 83.4 cm³/mol. The summed E-state index contributed by atoms with van der Waals surface area (Å²) >= 11 is 0. The molecule has 0 atom stereocenters. The molecule has 24 heavy (non-hydrogen) atoms. The van der Waals surface area contributed by atoms with E-state index in [1.54, 1.807) is 4.90 Å². The molecule has 1 saturated carbocycles. The number of rotatable bonds is 4. The van der Waals surface area contributed by atoms with Crippen LogP contribution < -0.4 is 0 Å². The first-order chi connectivity index (χ1) is 11.4. The van der Waals surface area contributed by atoms with Crippen molar-refractivity contribution in [1.29, 1.82) is 0 Å². The number of benzene rings is 1. The second kappa shape index (κ2) is 6.49. The van der Waals surface area contributed by atoms with E-state index in [4.69, 9.17) is 5.11 Å². The second-order valence-corrected chi connectivity index (χ2v) is 6.87. The summed E-state index contributed by atoms with van der Waals surface area (Å²) in [5.41, 5.74) is -1.19. The van der Waals surface area contributed by atoms with Crippen LogP contribution in [0.25, 0.3) is 0 Å². The van der Waals surface area contributed by atoms with Crippen LogP contribution in [0.15, 0.2) is 18.2 Å². The Balaban J connectivity index is 1.77. The number of carbonyl (C=O) groups is 2. The van der Waals surface area contributed by atoms with Gasteiger partial charge in [0.2, 0.25) is 5.91 Å². The van der Waals surface area contributed by atoms with Crippen LogP contribution in [0.5, 0.6) is 0 Å². The van der Waals surface area contributed by atoms with Gasteiger partial charge in [0.15, 0.2) is 0 Å². The lowest BCUT2D eigenvalue weighted by Crippen LogP contribution is -2.53. The van der Waals surface area contributed by atoms with Crippen molar-refractivity contribution in [2.75, 3.05) is 13.1 Å². The number of aliphatic carboxylic acids is 1. The smallest absolute Gasteiger partial charge is 0.303 e. The van der Waals surface area contributed by atoms with Crippen molar-refractivity contribution >= 4 is 11.9 Å². The SMILES string of the molecule is O=C(O)CC1CCN(C(=O)C2(c3c(F)cccc3F)CCC2)CC1. The van der Waals surface area contributed by atoms with Crippen LogP contribution in [0.1, 0.15) is 44.1 Å². The zero-order valence-corrected chi connectivity index (χ0v) is 13.4. The van der Waals surface area contributed by atoms with E-state index in [-0.39, 0.29) is 23.8 Å². The lowest BCUT2D eigenvalue weighted by Gasteiger charge is -2.45. The number of hydrogen-bond donors (Lipinski definition) is 1. The minimum atomic E-state index is -1.09. The fourth-order valence-corrected chi connectivity index (χ4v) is 3.95. The number of nitrogens with zero attached hydrogens (tertiary/aromatic N) is 1. The Morgan fingerprint density at radius 1 is 1.17 bits per heavy atom. The number of likely N-dealkylation sites (tertiary alicyclic amines) is 1. The molecule has 1 heterocycles. The summed E-state index contributed by atoms with van der Waals surface area (Å²) in [5.74, 6) is -2.31. The first-order valence-corrected chi connectivity index (χ1v) is 8.40. The molecule has 0 aromatic heterocycles. The standard InChI is InChI=1S/C18H21F2NO3/c19-13-3-1-4-14(20)16(13)18(7-2-8-18)17(24)21-9-5-12(6-10-21)11-15(22)23/h1,3-4,12H,2,5-11H2,(H,22,23). The van der Waals surface area contributed by atoms with Gasteiger partial charge in [-0.1, -0.05) is 12.5 Å². The molecule has 1 aliphatic heterocycles. The average Bonchev–Trinajstić information content (AvgIpc) is 2.49. The fraction of sp³-hybridized carbons (Fsp3) is 0.556. The van der Waals surface area contributed by atoms with Gasteiger partial charge in [-0.2, -0.15) is 0 Å². The van der Waals surface area contributed by atoms with Crippen molar-refractivity contribution in [2.24, 2.45) is 5.92 Å². The number of carbonyl (C=O) groups excluding carboxylic acids is 1. The number of carboxylic acid groups (broad SMARTS) is 1. The molecule has 6 heteroatoms. The van der Waals surface area contributed by atoms with Gasteiger partial charge in [0, 0.05) is 25.1 Å². The van der Waals surface area contributed by atoms with Crippen LogP contribution in [0, 0.1) is 17.6 Å². The molecule has 130 valence electrons. The molecular weight excluding hydrogens is 316 g/mol. The maximum Gasteiger partial charge on any atom is 0.303 e. The Morgan fingerprint density at radius 3 is 2.21 bits per heavy atom. The van der Waals surface area contributed by atoms with Crippen LogP contribution in [0.2, 0.25) is 0 Å². The van der Waals surface area contributed by atoms with Crippen LogP contribution >= 0.6 is 0 Å². The summed E-state index contributed by atoms with van der Waals surface area (Å²) in [5, 5.41) is 8.86. The molecule has 1 aromatic carbocycles. The molecule has 1 saturated heterocycles. The first kappa shape index (κ1) is 16.9. The quantitative estimate of drug-likeness (QED) is 0.918. The van der Waals surface area contributed by atoms with Crippen molar-refractivity contribution in [2.45, 2.75) is 43.9 Å². The Bertz CT molecular complexity index is 629. The molecule has 2 aliphatic rings. The van der Waals surface area contributed by atoms with E-state index >= 15 is 0 Å². The maximum atomic E-state index is 14.2. The summed E-state index contributed by atoms with van der Waals surface area (Å²) in [6, 6.07) is 3.71. The van der Waals surface area contributed by atoms with Crippen molar-refractivity contribution in [3.05, 3.63) is 35.4 Å². The molecule has 1 aromatic rings. The molecule has 0 bridgehead atoms. The Kier molecular flexibility index (Phi) is 4.56. The van der Waals surface area contributed by atoms with Gasteiger partial charge < -0.3 is 10.0 Å². The number of piperidine rings is 1. The molecule has 2 fully saturated rings. The van der Waals surface area contributed by atoms with Gasteiger partial charge in [-0.25, -0.2) is 8.78 Å². The zero-order chi connectivity index (χ0) is 17.3. The predicted octanol–water partition coefficient (Wildman–Crippen LogP) is 3.10. The van der Waals surface area contributed by atoms with E-state index in [0.29, 0.717) is 38.8 Å². The zero-order valence-electron chi connectivity index (χ0n) is 13.4. The van der Waals surface area contributed by atoms with Crippen LogP contribution in [-0.2, 0) is 15.0 Å². The van der Waals surface area contributed by atoms with Crippen molar-refractivity contribution in [3.63, 3.8) is 0 Å². The highest BCUT2D eigenvalue weighted by atomic mass is 19.1. The lowest BCUT2D eigenvalue weighted by atomic mass is 9.63. The van der Waals surface area contributed by atoms with Crippen LogP contribution in [0.3, 0.4) is 0 Å². The summed E-state index contributed by atoms with van der Waals surface area (Å²) in [7, 11) is 0. The molecule has 1 aliphatic carbocycles. The number of carboxylic acids is 1. The Labute approximate surface area is 139 Å². The summed E-state index contributed by atoms with van der Waals surface area (Å²) < 4.78 is 28.4. The summed E-state index contributed by atoms with van der Waals surface area (Å²) in [4.78, 5) is 25.5. The van der Waals surface area contributed by atoms with Crippen molar-refractivity contribution in [1.82, 2.24) is 4.90 Å². The van der Waals surface area contributed by atoms with Gasteiger partial charge in [0.1, 0.15) is 11.6 Å². The van der Waals surface area contributed by atoms with Gasteiger partial charge in [0.25, 0.3) is 0 Å². The van der Waals surface area contributed by atoms with E-state index in [1.165, 1.54) is 18.2 Å². The molecule has 3 rings (SSSR count). The van der Waals surface area contributed by atoms with Gasteiger partial charge in [-0.15, -0.1) is 0 Å². The maximum absolute atomic E-state index is 14.2. The molecule has 0 unspecified atom stereocenters. The number of hydrogen-bond acceptors (Lipinski definition) is 2. The van der Waals surface area contributed by atoms with Crippen molar-refractivity contribution in [3.8, 4) is 0 Å². The second-order valence-electron chi connectivity index (χ2n) is 6.87. The van der Waals surface area contributed by atoms with E-state index < -0.39 is 23.0 Å². The monoisotopic (exact) mass is 337 g/mol. The fourth-order valence-electron chi connectivity index (χ4n) is 3.95. The molecule has 0 spiro atoms. The topological polar surface area (TPSA) is 57.6 Å². The number of halogens is 2. The first-order valence-electron chi connectivity index (χ1n) is 8.40. The van der Waals surface area contributed by atoms with Gasteiger partial charge in [-0.05, 0) is 43.7 Å². The van der Waals surface area contributed by atoms with Gasteiger partial charge >= 0.3 is 5.97 Å². The molecule has 4 nitrogen and oxygen atoms in total. The van der Waals surface area contributed by atoms with Crippen molar-refractivity contribution < 1.29 is 23.5 Å². The molecule has 0 radical (unpaired) electrons. The van der Waals surface area contributed by atoms with Crippen LogP contribution in [0.4, 0.5) is 8.78 Å². The highest BCUT2D eigenvalue weighted by Gasteiger charge is 2.51. The third-order valence-corrected chi connectivity index (χ3v) is 5.42.